The molecule has 1 aromatic heterocycles. The molecule has 1 aromatic carbocycles. The maximum atomic E-state index is 12.2. The van der Waals surface area contributed by atoms with Crippen molar-refractivity contribution in [1.82, 2.24) is 0 Å². The molecule has 1 heterocycles. The summed E-state index contributed by atoms with van der Waals surface area (Å²) in [6.45, 7) is 0. The third-order valence-electron chi connectivity index (χ3n) is 2.45. The zero-order valence-corrected chi connectivity index (χ0v) is 12.8. The van der Waals surface area contributed by atoms with Gasteiger partial charge in [0.25, 0.3) is 10.0 Å². The van der Waals surface area contributed by atoms with Crippen LogP contribution in [0.1, 0.15) is 9.67 Å². The Labute approximate surface area is 124 Å². The number of nitrogens with one attached hydrogen (secondary N) is 1. The summed E-state index contributed by atoms with van der Waals surface area (Å²) < 4.78 is 26.9. The fraction of sp³-hybridized carbons (Fsp3) is 0.0833. The van der Waals surface area contributed by atoms with Crippen LogP contribution in [0.15, 0.2) is 45.5 Å². The van der Waals surface area contributed by atoms with Gasteiger partial charge in [-0.25, -0.2) is 13.2 Å². The number of carbonyl (C=O) groups is 1. The van der Waals surface area contributed by atoms with Crippen LogP contribution in [0.4, 0.5) is 5.69 Å². The van der Waals surface area contributed by atoms with Crippen LogP contribution in [0.3, 0.4) is 0 Å². The molecule has 0 aliphatic rings. The van der Waals surface area contributed by atoms with Gasteiger partial charge in [0.15, 0.2) is 0 Å². The number of anilines is 1. The average molecular weight is 329 g/mol. The van der Waals surface area contributed by atoms with Crippen molar-refractivity contribution in [1.29, 1.82) is 0 Å². The summed E-state index contributed by atoms with van der Waals surface area (Å²) in [6.07, 6.45) is 1.85. The first kappa shape index (κ1) is 14.9. The van der Waals surface area contributed by atoms with Crippen molar-refractivity contribution in [2.45, 2.75) is 9.79 Å². The van der Waals surface area contributed by atoms with Crippen LogP contribution in [-0.2, 0) is 10.0 Å². The molecule has 0 radical (unpaired) electrons. The first-order valence-electron chi connectivity index (χ1n) is 5.41. The summed E-state index contributed by atoms with van der Waals surface area (Å²) in [7, 11) is -3.77. The number of thioether (sulfide) groups is 1. The first-order valence-corrected chi connectivity index (χ1v) is 9.00. The monoisotopic (exact) mass is 329 g/mol. The highest BCUT2D eigenvalue weighted by atomic mass is 32.2. The summed E-state index contributed by atoms with van der Waals surface area (Å²) >= 11 is 2.30. The van der Waals surface area contributed by atoms with Crippen LogP contribution in [0.25, 0.3) is 0 Å². The highest BCUT2D eigenvalue weighted by Crippen LogP contribution is 2.28. The van der Waals surface area contributed by atoms with E-state index >= 15 is 0 Å². The van der Waals surface area contributed by atoms with E-state index in [0.717, 1.165) is 22.3 Å². The van der Waals surface area contributed by atoms with Gasteiger partial charge in [-0.1, -0.05) is 12.1 Å². The van der Waals surface area contributed by atoms with Crippen molar-refractivity contribution in [3.05, 3.63) is 40.6 Å². The molecule has 0 saturated carbocycles. The lowest BCUT2D eigenvalue weighted by atomic mass is 10.3. The molecule has 20 heavy (non-hydrogen) atoms. The van der Waals surface area contributed by atoms with Gasteiger partial charge in [0.2, 0.25) is 0 Å². The van der Waals surface area contributed by atoms with Crippen molar-refractivity contribution >= 4 is 44.8 Å². The lowest BCUT2D eigenvalue weighted by Gasteiger charge is -2.09. The van der Waals surface area contributed by atoms with Gasteiger partial charge in [0, 0.05) is 10.3 Å². The van der Waals surface area contributed by atoms with Gasteiger partial charge >= 0.3 is 5.97 Å². The van der Waals surface area contributed by atoms with Crippen molar-refractivity contribution in [2.24, 2.45) is 0 Å². The summed E-state index contributed by atoms with van der Waals surface area (Å²) in [5, 5.41) is 10.1. The maximum absolute atomic E-state index is 12.2. The van der Waals surface area contributed by atoms with Gasteiger partial charge < -0.3 is 5.11 Å². The van der Waals surface area contributed by atoms with Crippen molar-refractivity contribution < 1.29 is 18.3 Å². The zero-order valence-electron chi connectivity index (χ0n) is 10.4. The summed E-state index contributed by atoms with van der Waals surface area (Å²) in [6, 6.07) is 8.16. The molecule has 5 nitrogen and oxygen atoms in total. The van der Waals surface area contributed by atoms with Gasteiger partial charge in [-0.05, 0) is 24.5 Å². The van der Waals surface area contributed by atoms with Gasteiger partial charge in [-0.15, -0.1) is 23.1 Å². The number of rotatable bonds is 5. The Morgan fingerprint density at radius 2 is 2.05 bits per heavy atom. The van der Waals surface area contributed by atoms with Crippen LogP contribution in [0, 0.1) is 0 Å². The molecule has 0 spiro atoms. The van der Waals surface area contributed by atoms with Gasteiger partial charge in [-0.3, -0.25) is 4.72 Å². The Morgan fingerprint density at radius 1 is 1.35 bits per heavy atom. The van der Waals surface area contributed by atoms with Gasteiger partial charge in [-0.2, -0.15) is 0 Å². The smallest absolute Gasteiger partial charge is 0.345 e. The van der Waals surface area contributed by atoms with Crippen LogP contribution in [-0.4, -0.2) is 25.7 Å². The lowest BCUT2D eigenvalue weighted by molar-refractivity contribution is 0.0702. The topological polar surface area (TPSA) is 83.5 Å². The van der Waals surface area contributed by atoms with Gasteiger partial charge in [0.05, 0.1) is 10.6 Å². The number of hydrogen-bond donors (Lipinski definition) is 2. The second-order valence-electron chi connectivity index (χ2n) is 3.76. The highest BCUT2D eigenvalue weighted by molar-refractivity contribution is 7.99. The molecule has 0 bridgehead atoms. The maximum Gasteiger partial charge on any atom is 0.345 e. The Morgan fingerprint density at radius 3 is 2.65 bits per heavy atom. The fourth-order valence-electron chi connectivity index (χ4n) is 1.50. The number of para-hydroxylation sites is 1. The Balaban J connectivity index is 2.33. The molecule has 0 aliphatic carbocycles. The van der Waals surface area contributed by atoms with E-state index < -0.39 is 16.0 Å². The molecule has 0 fully saturated rings. The van der Waals surface area contributed by atoms with E-state index in [1.54, 1.807) is 18.2 Å². The number of thiophene rings is 1. The number of benzene rings is 1. The van der Waals surface area contributed by atoms with E-state index in [1.807, 2.05) is 12.3 Å². The largest absolute Gasteiger partial charge is 0.477 e. The second kappa shape index (κ2) is 5.86. The molecule has 0 amide bonds. The molecule has 2 aromatic rings. The van der Waals surface area contributed by atoms with Crippen LogP contribution >= 0.6 is 23.1 Å². The predicted molar refractivity (Wildman–Crippen MR) is 80.3 cm³/mol. The summed E-state index contributed by atoms with van der Waals surface area (Å²) in [4.78, 5) is 11.5. The Bertz CT molecular complexity index is 737. The Kier molecular flexibility index (Phi) is 4.36. The minimum absolute atomic E-state index is 0.0106. The average Bonchev–Trinajstić information content (AvgIpc) is 2.89. The molecule has 2 N–H and O–H groups in total. The molecule has 106 valence electrons. The highest BCUT2D eigenvalue weighted by Gasteiger charge is 2.19. The van der Waals surface area contributed by atoms with E-state index in [-0.39, 0.29) is 9.77 Å². The third-order valence-corrected chi connectivity index (χ3v) is 5.66. The predicted octanol–water partition coefficient (Wildman–Crippen LogP) is 2.97. The van der Waals surface area contributed by atoms with E-state index in [9.17, 15) is 13.2 Å². The number of hydrogen-bond acceptors (Lipinski definition) is 5. The standard InChI is InChI=1S/C12H11NO4S3/c1-18-10-5-3-2-4-9(10)13-20(16,17)8-6-11(12(14)15)19-7-8/h2-7,13H,1H3,(H,14,15). The van der Waals surface area contributed by atoms with E-state index in [2.05, 4.69) is 4.72 Å². The number of carboxylic acids is 1. The first-order chi connectivity index (χ1) is 9.44. The summed E-state index contributed by atoms with van der Waals surface area (Å²) in [5.41, 5.74) is 0.475. The van der Waals surface area contributed by atoms with Gasteiger partial charge in [0.1, 0.15) is 4.88 Å². The van der Waals surface area contributed by atoms with E-state index in [4.69, 9.17) is 5.11 Å². The molecule has 2 rings (SSSR count). The van der Waals surface area contributed by atoms with Crippen LogP contribution in [0.5, 0.6) is 0 Å². The molecule has 0 unspecified atom stereocenters. The number of carboxylic acid groups (broad SMARTS) is 1. The van der Waals surface area contributed by atoms with Crippen molar-refractivity contribution in [3.8, 4) is 0 Å². The van der Waals surface area contributed by atoms with E-state index in [0.29, 0.717) is 5.69 Å². The quantitative estimate of drug-likeness (QED) is 0.824. The summed E-state index contributed by atoms with van der Waals surface area (Å²) in [5.74, 6) is -1.14. The van der Waals surface area contributed by atoms with E-state index in [1.165, 1.54) is 17.1 Å². The fourth-order valence-corrected chi connectivity index (χ4v) is 4.31. The Hall–Kier alpha value is -1.51. The SMILES string of the molecule is CSc1ccccc1NS(=O)(=O)c1csc(C(=O)O)c1. The van der Waals surface area contributed by atoms with Crippen molar-refractivity contribution in [2.75, 3.05) is 11.0 Å². The number of aromatic carboxylic acids is 1. The third kappa shape index (κ3) is 3.14. The minimum atomic E-state index is -3.77. The molecular weight excluding hydrogens is 318 g/mol. The normalized spacial score (nSPS) is 11.2. The van der Waals surface area contributed by atoms with Crippen LogP contribution in [0.2, 0.25) is 0 Å². The molecule has 8 heteroatoms. The molecule has 0 saturated heterocycles. The second-order valence-corrected chi connectivity index (χ2v) is 7.20. The van der Waals surface area contributed by atoms with Crippen LogP contribution < -0.4 is 4.72 Å². The zero-order chi connectivity index (χ0) is 14.8. The molecule has 0 atom stereocenters. The lowest BCUT2D eigenvalue weighted by Crippen LogP contribution is -2.12. The minimum Gasteiger partial charge on any atom is -0.477 e. The molecular formula is C12H11NO4S3. The number of sulfonamides is 1. The molecule has 0 aliphatic heterocycles. The van der Waals surface area contributed by atoms with Crippen molar-refractivity contribution in [3.63, 3.8) is 0 Å².